The SMILES string of the molecule is COc1cc(C(=O)Nc2cccc(N3CCOC3=O)c2)ccc1OC(F)F. The molecule has 0 aliphatic carbocycles. The number of benzene rings is 2. The van der Waals surface area contributed by atoms with Crippen molar-refractivity contribution in [3.63, 3.8) is 0 Å². The first-order valence-corrected chi connectivity index (χ1v) is 7.96. The first-order valence-electron chi connectivity index (χ1n) is 7.96. The second kappa shape index (κ2) is 7.90. The molecule has 2 amide bonds. The number of carbonyl (C=O) groups excluding carboxylic acids is 2. The summed E-state index contributed by atoms with van der Waals surface area (Å²) < 4.78 is 39.0. The molecule has 1 fully saturated rings. The van der Waals surface area contributed by atoms with Crippen molar-refractivity contribution >= 4 is 23.4 Å². The monoisotopic (exact) mass is 378 g/mol. The van der Waals surface area contributed by atoms with Gasteiger partial charge in [-0.05, 0) is 36.4 Å². The van der Waals surface area contributed by atoms with E-state index in [-0.39, 0.29) is 17.1 Å². The number of rotatable bonds is 6. The Bertz CT molecular complexity index is 859. The Balaban J connectivity index is 1.76. The van der Waals surface area contributed by atoms with Gasteiger partial charge in [0.05, 0.1) is 13.7 Å². The zero-order valence-electron chi connectivity index (χ0n) is 14.3. The van der Waals surface area contributed by atoms with Crippen LogP contribution in [0, 0.1) is 0 Å². The Morgan fingerprint density at radius 2 is 2.04 bits per heavy atom. The fourth-order valence-corrected chi connectivity index (χ4v) is 2.58. The summed E-state index contributed by atoms with van der Waals surface area (Å²) in [5.74, 6) is -0.631. The third-order valence-electron chi connectivity index (χ3n) is 3.82. The van der Waals surface area contributed by atoms with Gasteiger partial charge in [-0.3, -0.25) is 9.69 Å². The first kappa shape index (κ1) is 18.4. The van der Waals surface area contributed by atoms with Crippen LogP contribution in [0.5, 0.6) is 11.5 Å². The molecule has 2 aromatic rings. The molecular weight excluding hydrogens is 362 g/mol. The minimum absolute atomic E-state index is 0.0107. The van der Waals surface area contributed by atoms with Gasteiger partial charge in [-0.25, -0.2) is 4.79 Å². The summed E-state index contributed by atoms with van der Waals surface area (Å²) in [4.78, 5) is 25.6. The second-order valence-corrected chi connectivity index (χ2v) is 5.51. The summed E-state index contributed by atoms with van der Waals surface area (Å²) in [6, 6.07) is 10.6. The number of nitrogens with one attached hydrogen (secondary N) is 1. The van der Waals surface area contributed by atoms with Crippen molar-refractivity contribution in [3.8, 4) is 11.5 Å². The van der Waals surface area contributed by atoms with Gasteiger partial charge >= 0.3 is 12.7 Å². The number of ether oxygens (including phenoxy) is 3. The standard InChI is InChI=1S/C18H16F2N2O5/c1-25-15-9-11(5-6-14(15)27-17(19)20)16(23)21-12-3-2-4-13(10-12)22-7-8-26-18(22)24/h2-6,9-10,17H,7-8H2,1H3,(H,21,23). The summed E-state index contributed by atoms with van der Waals surface area (Å²) in [5, 5.41) is 2.69. The van der Waals surface area contributed by atoms with Crippen LogP contribution in [0.15, 0.2) is 42.5 Å². The van der Waals surface area contributed by atoms with E-state index in [0.29, 0.717) is 24.5 Å². The van der Waals surface area contributed by atoms with Gasteiger partial charge in [0, 0.05) is 16.9 Å². The Morgan fingerprint density at radius 1 is 1.22 bits per heavy atom. The van der Waals surface area contributed by atoms with Gasteiger partial charge in [0.15, 0.2) is 11.5 Å². The molecule has 0 radical (unpaired) electrons. The molecule has 1 aliphatic rings. The maximum absolute atomic E-state index is 12.5. The number of amides is 2. The molecule has 9 heteroatoms. The van der Waals surface area contributed by atoms with Crippen LogP contribution in [0.2, 0.25) is 0 Å². The number of halogens is 2. The van der Waals surface area contributed by atoms with Gasteiger partial charge in [0.2, 0.25) is 0 Å². The molecule has 1 heterocycles. The Kier molecular flexibility index (Phi) is 5.39. The van der Waals surface area contributed by atoms with Crippen LogP contribution < -0.4 is 19.7 Å². The molecule has 0 unspecified atom stereocenters. The van der Waals surface area contributed by atoms with Crippen LogP contribution >= 0.6 is 0 Å². The molecule has 3 rings (SSSR count). The summed E-state index contributed by atoms with van der Waals surface area (Å²) in [6.45, 7) is -2.26. The zero-order chi connectivity index (χ0) is 19.4. The molecule has 2 aromatic carbocycles. The third kappa shape index (κ3) is 4.25. The predicted molar refractivity (Wildman–Crippen MR) is 92.7 cm³/mol. The van der Waals surface area contributed by atoms with Crippen molar-refractivity contribution in [1.82, 2.24) is 0 Å². The van der Waals surface area contributed by atoms with Crippen LogP contribution in [0.4, 0.5) is 25.0 Å². The normalized spacial score (nSPS) is 13.5. The summed E-state index contributed by atoms with van der Waals surface area (Å²) >= 11 is 0. The molecule has 27 heavy (non-hydrogen) atoms. The molecule has 0 atom stereocenters. The van der Waals surface area contributed by atoms with Gasteiger partial charge in [-0.2, -0.15) is 8.78 Å². The van der Waals surface area contributed by atoms with Crippen LogP contribution in [-0.2, 0) is 4.74 Å². The minimum atomic E-state index is -3.00. The Morgan fingerprint density at radius 3 is 2.70 bits per heavy atom. The van der Waals surface area contributed by atoms with Crippen LogP contribution in [0.25, 0.3) is 0 Å². The average Bonchev–Trinajstić information content (AvgIpc) is 3.07. The van der Waals surface area contributed by atoms with Crippen molar-refractivity contribution < 1.29 is 32.6 Å². The van der Waals surface area contributed by atoms with Crippen molar-refractivity contribution in [2.24, 2.45) is 0 Å². The number of nitrogens with zero attached hydrogens (tertiary/aromatic N) is 1. The molecule has 0 saturated carbocycles. The van der Waals surface area contributed by atoms with Crippen molar-refractivity contribution in [1.29, 1.82) is 0 Å². The Labute approximate surface area is 153 Å². The van der Waals surface area contributed by atoms with Crippen LogP contribution in [0.3, 0.4) is 0 Å². The molecule has 0 aromatic heterocycles. The zero-order valence-corrected chi connectivity index (χ0v) is 14.3. The van der Waals surface area contributed by atoms with Gasteiger partial charge < -0.3 is 19.5 Å². The molecule has 1 saturated heterocycles. The molecule has 1 N–H and O–H groups in total. The summed E-state index contributed by atoms with van der Waals surface area (Å²) in [5.41, 5.74) is 1.25. The lowest BCUT2D eigenvalue weighted by molar-refractivity contribution is -0.0512. The van der Waals surface area contributed by atoms with Gasteiger partial charge in [-0.15, -0.1) is 0 Å². The summed E-state index contributed by atoms with van der Waals surface area (Å²) in [6.07, 6.45) is -0.446. The topological polar surface area (TPSA) is 77.1 Å². The highest BCUT2D eigenvalue weighted by molar-refractivity contribution is 6.05. The number of carbonyl (C=O) groups is 2. The van der Waals surface area contributed by atoms with E-state index in [2.05, 4.69) is 10.1 Å². The van der Waals surface area contributed by atoms with E-state index in [4.69, 9.17) is 9.47 Å². The lowest BCUT2D eigenvalue weighted by atomic mass is 10.1. The number of hydrogen-bond acceptors (Lipinski definition) is 5. The number of anilines is 2. The predicted octanol–water partition coefficient (Wildman–Crippen LogP) is 3.51. The highest BCUT2D eigenvalue weighted by atomic mass is 19.3. The number of alkyl halides is 2. The van der Waals surface area contributed by atoms with Crippen molar-refractivity contribution in [3.05, 3.63) is 48.0 Å². The van der Waals surface area contributed by atoms with Crippen LogP contribution in [0.1, 0.15) is 10.4 Å². The summed E-state index contributed by atoms with van der Waals surface area (Å²) in [7, 11) is 1.29. The van der Waals surface area contributed by atoms with Crippen molar-refractivity contribution in [2.45, 2.75) is 6.61 Å². The lowest BCUT2D eigenvalue weighted by Crippen LogP contribution is -2.23. The largest absolute Gasteiger partial charge is 0.493 e. The van der Waals surface area contributed by atoms with Gasteiger partial charge in [-0.1, -0.05) is 6.07 Å². The van der Waals surface area contributed by atoms with Crippen molar-refractivity contribution in [2.75, 3.05) is 30.5 Å². The number of methoxy groups -OCH3 is 1. The molecule has 0 spiro atoms. The highest BCUT2D eigenvalue weighted by Gasteiger charge is 2.23. The molecule has 1 aliphatic heterocycles. The van der Waals surface area contributed by atoms with Gasteiger partial charge in [0.25, 0.3) is 5.91 Å². The van der Waals surface area contributed by atoms with E-state index in [9.17, 15) is 18.4 Å². The average molecular weight is 378 g/mol. The van der Waals surface area contributed by atoms with E-state index in [1.807, 2.05) is 0 Å². The smallest absolute Gasteiger partial charge is 0.414 e. The van der Waals surface area contributed by atoms with E-state index < -0.39 is 18.6 Å². The fourth-order valence-electron chi connectivity index (χ4n) is 2.58. The van der Waals surface area contributed by atoms with E-state index in [1.54, 1.807) is 24.3 Å². The Hall–Kier alpha value is -3.36. The maximum atomic E-state index is 12.5. The van der Waals surface area contributed by atoms with Gasteiger partial charge in [0.1, 0.15) is 6.61 Å². The van der Waals surface area contributed by atoms with E-state index in [1.165, 1.54) is 30.2 Å². The molecular formula is C18H16F2N2O5. The third-order valence-corrected chi connectivity index (χ3v) is 3.82. The first-order chi connectivity index (χ1) is 13.0. The quantitative estimate of drug-likeness (QED) is 0.833. The van der Waals surface area contributed by atoms with E-state index >= 15 is 0 Å². The molecule has 7 nitrogen and oxygen atoms in total. The maximum Gasteiger partial charge on any atom is 0.414 e. The number of hydrogen-bond donors (Lipinski definition) is 1. The second-order valence-electron chi connectivity index (χ2n) is 5.51. The lowest BCUT2D eigenvalue weighted by Gasteiger charge is -2.15. The molecule has 0 bridgehead atoms. The number of cyclic esters (lactones) is 1. The highest BCUT2D eigenvalue weighted by Crippen LogP contribution is 2.30. The molecule has 142 valence electrons. The van der Waals surface area contributed by atoms with Crippen LogP contribution in [-0.4, -0.2) is 38.9 Å². The fraction of sp³-hybridized carbons (Fsp3) is 0.222. The van der Waals surface area contributed by atoms with E-state index in [0.717, 1.165) is 0 Å². The minimum Gasteiger partial charge on any atom is -0.493 e.